The summed E-state index contributed by atoms with van der Waals surface area (Å²) in [5.74, 6) is 0.144. The second-order valence-electron chi connectivity index (χ2n) is 7.87. The van der Waals surface area contributed by atoms with Gasteiger partial charge >= 0.3 is 0 Å². The lowest BCUT2D eigenvalue weighted by molar-refractivity contribution is -0.112. The van der Waals surface area contributed by atoms with Gasteiger partial charge in [-0.25, -0.2) is 0 Å². The van der Waals surface area contributed by atoms with E-state index in [0.29, 0.717) is 18.4 Å². The van der Waals surface area contributed by atoms with E-state index >= 15 is 0 Å². The fraction of sp³-hybridized carbons (Fsp3) is 0.240. The van der Waals surface area contributed by atoms with Crippen molar-refractivity contribution in [3.8, 4) is 17.2 Å². The van der Waals surface area contributed by atoms with Crippen molar-refractivity contribution >= 4 is 17.0 Å². The zero-order valence-electron chi connectivity index (χ0n) is 16.4. The maximum Gasteiger partial charge on any atom is 0.167 e. The van der Waals surface area contributed by atoms with Crippen LogP contribution in [0.25, 0.3) is 16.7 Å². The molecule has 2 heterocycles. The van der Waals surface area contributed by atoms with E-state index in [4.69, 9.17) is 10.2 Å². The molecule has 5 rings (SSSR count). The maximum absolute atomic E-state index is 12.7. The van der Waals surface area contributed by atoms with Gasteiger partial charge in [-0.2, -0.15) is 5.26 Å². The van der Waals surface area contributed by atoms with Crippen LogP contribution in [0.5, 0.6) is 0 Å². The Morgan fingerprint density at radius 3 is 3.00 bits per heavy atom. The highest BCUT2D eigenvalue weighted by Crippen LogP contribution is 2.37. The molecule has 4 nitrogen and oxygen atoms in total. The van der Waals surface area contributed by atoms with E-state index in [1.165, 1.54) is 5.56 Å². The van der Waals surface area contributed by atoms with Crippen molar-refractivity contribution in [2.24, 2.45) is 0 Å². The Morgan fingerprint density at radius 1 is 1.28 bits per heavy atom. The van der Waals surface area contributed by atoms with Crippen molar-refractivity contribution in [1.29, 1.82) is 5.26 Å². The van der Waals surface area contributed by atoms with Crippen molar-refractivity contribution < 1.29 is 4.79 Å². The molecule has 1 aromatic heterocycles. The Hall–Kier alpha value is -3.45. The summed E-state index contributed by atoms with van der Waals surface area (Å²) >= 11 is 0. The first-order chi connectivity index (χ1) is 14.1. The van der Waals surface area contributed by atoms with E-state index in [0.717, 1.165) is 64.2 Å². The minimum absolute atomic E-state index is 0.144. The summed E-state index contributed by atoms with van der Waals surface area (Å²) < 4.78 is 0. The molecule has 29 heavy (non-hydrogen) atoms. The molecule has 3 aliphatic rings. The zero-order valence-corrected chi connectivity index (χ0v) is 16.4. The van der Waals surface area contributed by atoms with Crippen LogP contribution < -0.4 is 5.32 Å². The monoisotopic (exact) mass is 379 g/mol. The lowest BCUT2D eigenvalue weighted by Crippen LogP contribution is -2.14. The third kappa shape index (κ3) is 3.00. The van der Waals surface area contributed by atoms with Crippen LogP contribution in [0.2, 0.25) is 0 Å². The van der Waals surface area contributed by atoms with Gasteiger partial charge in [-0.1, -0.05) is 18.2 Å². The Balaban J connectivity index is 1.56. The van der Waals surface area contributed by atoms with Crippen LogP contribution in [-0.4, -0.2) is 17.3 Å². The minimum atomic E-state index is 0.144. The molecule has 0 amide bonds. The number of aryl methyl sites for hydroxylation is 1. The third-order valence-corrected chi connectivity index (χ3v) is 6.03. The molecule has 4 heteroatoms. The number of benzene rings is 1. The van der Waals surface area contributed by atoms with Gasteiger partial charge in [0.25, 0.3) is 0 Å². The van der Waals surface area contributed by atoms with Gasteiger partial charge in [-0.3, -0.25) is 9.78 Å². The van der Waals surface area contributed by atoms with Gasteiger partial charge in [-0.15, -0.1) is 0 Å². The minimum Gasteiger partial charge on any atom is -0.383 e. The molecule has 1 aromatic carbocycles. The summed E-state index contributed by atoms with van der Waals surface area (Å²) in [5.41, 5.74) is 10.2. The van der Waals surface area contributed by atoms with E-state index in [-0.39, 0.29) is 5.78 Å². The summed E-state index contributed by atoms with van der Waals surface area (Å²) in [6.45, 7) is 3.13. The number of ketones is 1. The van der Waals surface area contributed by atoms with Gasteiger partial charge in [0.05, 0.1) is 17.5 Å². The Bertz CT molecular complexity index is 1190. The second kappa shape index (κ2) is 6.86. The number of hydrogen-bond donors (Lipinski definition) is 1. The van der Waals surface area contributed by atoms with Crippen molar-refractivity contribution in [3.63, 3.8) is 0 Å². The smallest absolute Gasteiger partial charge is 0.167 e. The molecule has 0 bridgehead atoms. The first kappa shape index (κ1) is 17.6. The largest absolute Gasteiger partial charge is 0.383 e. The molecule has 1 N–H and O–H groups in total. The van der Waals surface area contributed by atoms with E-state index in [1.807, 2.05) is 24.4 Å². The summed E-state index contributed by atoms with van der Waals surface area (Å²) in [7, 11) is 0. The molecule has 0 atom stereocenters. The average Bonchev–Trinajstić information content (AvgIpc) is 3.33. The number of nitrogens with one attached hydrogen (secondary N) is 1. The van der Waals surface area contributed by atoms with Crippen LogP contribution in [-0.2, 0) is 17.6 Å². The van der Waals surface area contributed by atoms with Crippen LogP contribution in [0.1, 0.15) is 35.2 Å². The van der Waals surface area contributed by atoms with Crippen LogP contribution in [0.15, 0.2) is 53.8 Å². The number of pyridine rings is 1. The Kier molecular flexibility index (Phi) is 4.17. The summed E-state index contributed by atoms with van der Waals surface area (Å²) in [5, 5.41) is 12.6. The van der Waals surface area contributed by atoms with Gasteiger partial charge in [0.1, 0.15) is 0 Å². The summed E-state index contributed by atoms with van der Waals surface area (Å²) in [4.78, 5) is 17.4. The van der Waals surface area contributed by atoms with Crippen LogP contribution in [0.3, 0.4) is 0 Å². The first-order valence-electron chi connectivity index (χ1n) is 10.1. The molecule has 0 unspecified atom stereocenters. The van der Waals surface area contributed by atoms with Crippen molar-refractivity contribution in [1.82, 2.24) is 4.98 Å². The molecule has 2 aromatic rings. The summed E-state index contributed by atoms with van der Waals surface area (Å²) in [6.07, 6.45) is 11.0. The number of aromatic nitrogens is 1. The molecule has 2 aliphatic carbocycles. The molecule has 0 radical (unpaired) electrons. The fourth-order valence-corrected chi connectivity index (χ4v) is 4.47. The van der Waals surface area contributed by atoms with E-state index in [9.17, 15) is 4.79 Å². The number of rotatable bonds is 2. The Labute approximate surface area is 170 Å². The van der Waals surface area contributed by atoms with Gasteiger partial charge < -0.3 is 5.32 Å². The number of anilines is 1. The van der Waals surface area contributed by atoms with Crippen LogP contribution >= 0.6 is 0 Å². The standard InChI is InChI=1S/C25H21N3O/c1-15-22(14-28-23-3-2-8-27-25(15)23)18-6-7-19-12-24(29)21(20(19)11-18)10-16-4-5-17(9-16)13-26/h5-7,9-11,14,27H,2-4,8,12H2,1H3/b21-10-. The molecule has 1 aliphatic heterocycles. The fourth-order valence-electron chi connectivity index (χ4n) is 4.47. The first-order valence-corrected chi connectivity index (χ1v) is 10.1. The van der Waals surface area contributed by atoms with Crippen molar-refractivity contribution in [2.75, 3.05) is 11.9 Å². The molecule has 0 spiro atoms. The number of carbonyl (C=O) groups excluding carboxylic acids is 1. The lowest BCUT2D eigenvalue weighted by Gasteiger charge is -2.21. The van der Waals surface area contributed by atoms with Crippen LogP contribution in [0, 0.1) is 18.3 Å². The highest BCUT2D eigenvalue weighted by molar-refractivity contribution is 6.26. The van der Waals surface area contributed by atoms with Crippen molar-refractivity contribution in [2.45, 2.75) is 32.6 Å². The molecule has 0 fully saturated rings. The topological polar surface area (TPSA) is 65.8 Å². The van der Waals surface area contributed by atoms with E-state index in [2.05, 4.69) is 36.5 Å². The van der Waals surface area contributed by atoms with Gasteiger partial charge in [0.2, 0.25) is 0 Å². The normalized spacial score (nSPS) is 18.6. The molecule has 0 saturated carbocycles. The number of carbonyl (C=O) groups is 1. The van der Waals surface area contributed by atoms with E-state index < -0.39 is 0 Å². The van der Waals surface area contributed by atoms with E-state index in [1.54, 1.807) is 0 Å². The highest BCUT2D eigenvalue weighted by Gasteiger charge is 2.26. The van der Waals surface area contributed by atoms with Gasteiger partial charge in [-0.05, 0) is 72.2 Å². The summed E-state index contributed by atoms with van der Waals surface area (Å²) in [6, 6.07) is 8.46. The maximum atomic E-state index is 12.7. The number of fused-ring (bicyclic) bond motifs is 2. The number of nitrogens with zero attached hydrogens (tertiary/aromatic N) is 2. The predicted octanol–water partition coefficient (Wildman–Crippen LogP) is 4.70. The molecule has 142 valence electrons. The number of Topliss-reactive ketones (excluding diaryl/α,β-unsaturated/α-hetero) is 1. The third-order valence-electron chi connectivity index (χ3n) is 6.03. The SMILES string of the molecule is Cc1c(-c2ccc3c(c2)/C(=C/C2=CC(C#N)=CC2)C(=O)C3)cnc2c1NCCC2. The molecule has 0 saturated heterocycles. The second-order valence-corrected chi connectivity index (χ2v) is 7.87. The van der Waals surface area contributed by atoms with Crippen molar-refractivity contribution in [3.05, 3.63) is 76.2 Å². The Morgan fingerprint density at radius 2 is 2.17 bits per heavy atom. The molecular weight excluding hydrogens is 358 g/mol. The quantitative estimate of drug-likeness (QED) is 0.768. The predicted molar refractivity (Wildman–Crippen MR) is 114 cm³/mol. The van der Waals surface area contributed by atoms with Gasteiger partial charge in [0, 0.05) is 35.9 Å². The average molecular weight is 379 g/mol. The highest BCUT2D eigenvalue weighted by atomic mass is 16.1. The number of nitriles is 1. The zero-order chi connectivity index (χ0) is 20.0. The van der Waals surface area contributed by atoms with Gasteiger partial charge in [0.15, 0.2) is 5.78 Å². The lowest BCUT2D eigenvalue weighted by atomic mass is 9.94. The molecular formula is C25H21N3O. The number of allylic oxidation sites excluding steroid dienone is 6. The van der Waals surface area contributed by atoms with Crippen LogP contribution in [0.4, 0.5) is 5.69 Å². The number of hydrogen-bond acceptors (Lipinski definition) is 4.